The van der Waals surface area contributed by atoms with E-state index in [1.807, 2.05) is 6.92 Å². The molecule has 1 amide bonds. The number of methoxy groups -OCH3 is 1. The van der Waals surface area contributed by atoms with E-state index < -0.39 is 0 Å². The molecule has 0 atom stereocenters. The molecule has 0 radical (unpaired) electrons. The van der Waals surface area contributed by atoms with Crippen LogP contribution in [0.25, 0.3) is 0 Å². The minimum absolute atomic E-state index is 0.151. The molecule has 1 N–H and O–H groups in total. The highest BCUT2D eigenvalue weighted by Crippen LogP contribution is 2.27. The molecule has 0 saturated heterocycles. The molecule has 0 unspecified atom stereocenters. The van der Waals surface area contributed by atoms with Crippen molar-refractivity contribution >= 4 is 17.5 Å². The summed E-state index contributed by atoms with van der Waals surface area (Å²) < 4.78 is 5.25. The minimum Gasteiger partial charge on any atom is -0.496 e. The molecule has 0 aliphatic rings. The predicted molar refractivity (Wildman–Crippen MR) is 64.8 cm³/mol. The van der Waals surface area contributed by atoms with Gasteiger partial charge in [-0.2, -0.15) is 5.26 Å². The van der Waals surface area contributed by atoms with Gasteiger partial charge in [0.25, 0.3) is 0 Å². The van der Waals surface area contributed by atoms with Gasteiger partial charge in [0.05, 0.1) is 13.2 Å². The second-order valence-electron chi connectivity index (χ2n) is 3.53. The Balaban J connectivity index is 2.83. The number of nitrogens with zero attached hydrogens (tertiary/aromatic N) is 1. The Labute approximate surface area is 105 Å². The van der Waals surface area contributed by atoms with Crippen LogP contribution in [0.5, 0.6) is 5.75 Å². The number of carbonyl (C=O) groups is 1. The van der Waals surface area contributed by atoms with Crippen LogP contribution in [-0.2, 0) is 11.3 Å². The van der Waals surface area contributed by atoms with Gasteiger partial charge in [0.15, 0.2) is 0 Å². The van der Waals surface area contributed by atoms with Crippen LogP contribution in [0.4, 0.5) is 0 Å². The highest BCUT2D eigenvalue weighted by molar-refractivity contribution is 6.30. The maximum Gasteiger partial charge on any atom is 0.234 e. The standard InChI is InChI=1S/C12H13ClN2O2/c1-8-5-10(13)6-9(12(8)17-2)7-15-11(16)3-4-14/h5-6H,3,7H2,1-2H3,(H,15,16). The summed E-state index contributed by atoms with van der Waals surface area (Å²) in [6.07, 6.45) is -0.151. The topological polar surface area (TPSA) is 62.1 Å². The van der Waals surface area contributed by atoms with E-state index in [1.54, 1.807) is 25.3 Å². The number of nitrogens with one attached hydrogen (secondary N) is 1. The predicted octanol–water partition coefficient (Wildman–Crippen LogP) is 2.19. The molecule has 0 aliphatic carbocycles. The maximum absolute atomic E-state index is 11.2. The summed E-state index contributed by atoms with van der Waals surface area (Å²) in [6, 6.07) is 5.31. The third-order valence-electron chi connectivity index (χ3n) is 2.24. The van der Waals surface area contributed by atoms with Gasteiger partial charge in [-0.1, -0.05) is 11.6 Å². The molecule has 0 fully saturated rings. The molecule has 0 bridgehead atoms. The number of carbonyl (C=O) groups excluding carboxylic acids is 1. The number of rotatable bonds is 4. The average Bonchev–Trinajstić information content (AvgIpc) is 2.26. The van der Waals surface area contributed by atoms with Gasteiger partial charge in [-0.05, 0) is 24.6 Å². The summed E-state index contributed by atoms with van der Waals surface area (Å²) in [4.78, 5) is 11.2. The molecule has 1 aromatic rings. The van der Waals surface area contributed by atoms with Crippen LogP contribution in [-0.4, -0.2) is 13.0 Å². The number of amides is 1. The van der Waals surface area contributed by atoms with Crippen molar-refractivity contribution in [2.45, 2.75) is 19.9 Å². The lowest BCUT2D eigenvalue weighted by Gasteiger charge is -2.12. The zero-order valence-corrected chi connectivity index (χ0v) is 10.5. The van der Waals surface area contributed by atoms with E-state index in [2.05, 4.69) is 5.32 Å². The molecule has 1 aromatic carbocycles. The van der Waals surface area contributed by atoms with Gasteiger partial charge in [-0.3, -0.25) is 4.79 Å². The molecule has 0 saturated carbocycles. The Bertz CT molecular complexity index is 466. The first-order chi connectivity index (χ1) is 8.08. The number of hydrogen-bond acceptors (Lipinski definition) is 3. The summed E-state index contributed by atoms with van der Waals surface area (Å²) in [5.74, 6) is 0.388. The van der Waals surface area contributed by atoms with E-state index in [0.717, 1.165) is 11.1 Å². The van der Waals surface area contributed by atoms with Gasteiger partial charge in [-0.25, -0.2) is 0 Å². The van der Waals surface area contributed by atoms with Crippen molar-refractivity contribution < 1.29 is 9.53 Å². The average molecular weight is 253 g/mol. The number of hydrogen-bond donors (Lipinski definition) is 1. The largest absolute Gasteiger partial charge is 0.496 e. The molecule has 0 heterocycles. The van der Waals surface area contributed by atoms with Crippen molar-refractivity contribution in [3.05, 3.63) is 28.3 Å². The molecule has 0 aliphatic heterocycles. The van der Waals surface area contributed by atoms with Gasteiger partial charge >= 0.3 is 0 Å². The number of nitriles is 1. The minimum atomic E-state index is -0.313. The van der Waals surface area contributed by atoms with E-state index in [9.17, 15) is 4.79 Å². The second-order valence-corrected chi connectivity index (χ2v) is 3.96. The lowest BCUT2D eigenvalue weighted by atomic mass is 10.1. The van der Waals surface area contributed by atoms with Crippen molar-refractivity contribution in [1.29, 1.82) is 5.26 Å². The first-order valence-corrected chi connectivity index (χ1v) is 5.43. The third kappa shape index (κ3) is 3.65. The zero-order chi connectivity index (χ0) is 12.8. The highest BCUT2D eigenvalue weighted by atomic mass is 35.5. The Morgan fingerprint density at radius 2 is 2.29 bits per heavy atom. The van der Waals surface area contributed by atoms with E-state index >= 15 is 0 Å². The van der Waals surface area contributed by atoms with Gasteiger partial charge in [0.1, 0.15) is 12.2 Å². The van der Waals surface area contributed by atoms with Gasteiger partial charge in [0, 0.05) is 17.1 Å². The quantitative estimate of drug-likeness (QED) is 0.894. The van der Waals surface area contributed by atoms with Crippen LogP contribution in [0, 0.1) is 18.3 Å². The fourth-order valence-corrected chi connectivity index (χ4v) is 1.85. The molecule has 0 spiro atoms. The van der Waals surface area contributed by atoms with Crippen LogP contribution < -0.4 is 10.1 Å². The lowest BCUT2D eigenvalue weighted by Crippen LogP contribution is -2.22. The summed E-state index contributed by atoms with van der Waals surface area (Å²) in [6.45, 7) is 2.18. The fraction of sp³-hybridized carbons (Fsp3) is 0.333. The lowest BCUT2D eigenvalue weighted by molar-refractivity contribution is -0.120. The molecule has 4 nitrogen and oxygen atoms in total. The van der Waals surface area contributed by atoms with E-state index in [1.165, 1.54) is 0 Å². The number of halogens is 1. The Morgan fingerprint density at radius 1 is 1.59 bits per heavy atom. The smallest absolute Gasteiger partial charge is 0.234 e. The Kier molecular flexibility index (Phi) is 4.80. The first kappa shape index (κ1) is 13.3. The van der Waals surface area contributed by atoms with E-state index in [-0.39, 0.29) is 12.3 Å². The number of aryl methyl sites for hydroxylation is 1. The van der Waals surface area contributed by atoms with Crippen molar-refractivity contribution in [3.8, 4) is 11.8 Å². The maximum atomic E-state index is 11.2. The van der Waals surface area contributed by atoms with E-state index in [4.69, 9.17) is 21.6 Å². The summed E-state index contributed by atoms with van der Waals surface area (Å²) in [5, 5.41) is 11.6. The molecule has 90 valence electrons. The van der Waals surface area contributed by atoms with Crippen molar-refractivity contribution in [3.63, 3.8) is 0 Å². The summed E-state index contributed by atoms with van der Waals surface area (Å²) in [5.41, 5.74) is 1.70. The molecular formula is C12H13ClN2O2. The normalized spacial score (nSPS) is 9.53. The van der Waals surface area contributed by atoms with Crippen LogP contribution in [0.3, 0.4) is 0 Å². The van der Waals surface area contributed by atoms with Crippen LogP contribution in [0.1, 0.15) is 17.5 Å². The number of ether oxygens (including phenoxy) is 1. The zero-order valence-electron chi connectivity index (χ0n) is 9.71. The van der Waals surface area contributed by atoms with Gasteiger partial charge in [0.2, 0.25) is 5.91 Å². The second kappa shape index (κ2) is 6.12. The van der Waals surface area contributed by atoms with Crippen molar-refractivity contribution in [1.82, 2.24) is 5.32 Å². The summed E-state index contributed by atoms with van der Waals surface area (Å²) >= 11 is 5.93. The van der Waals surface area contributed by atoms with E-state index in [0.29, 0.717) is 17.3 Å². The van der Waals surface area contributed by atoms with Gasteiger partial charge in [-0.15, -0.1) is 0 Å². The summed E-state index contributed by atoms with van der Waals surface area (Å²) in [7, 11) is 1.57. The molecule has 1 rings (SSSR count). The van der Waals surface area contributed by atoms with Crippen molar-refractivity contribution in [2.75, 3.05) is 7.11 Å². The third-order valence-corrected chi connectivity index (χ3v) is 2.45. The van der Waals surface area contributed by atoms with Crippen LogP contribution >= 0.6 is 11.6 Å². The fourth-order valence-electron chi connectivity index (χ4n) is 1.55. The van der Waals surface area contributed by atoms with Crippen LogP contribution in [0.2, 0.25) is 5.02 Å². The highest BCUT2D eigenvalue weighted by Gasteiger charge is 2.09. The van der Waals surface area contributed by atoms with Crippen LogP contribution in [0.15, 0.2) is 12.1 Å². The SMILES string of the molecule is COc1c(C)cc(Cl)cc1CNC(=O)CC#N. The molecular weight excluding hydrogens is 240 g/mol. The number of benzene rings is 1. The first-order valence-electron chi connectivity index (χ1n) is 5.05. The van der Waals surface area contributed by atoms with Gasteiger partial charge < -0.3 is 10.1 Å². The molecule has 0 aromatic heterocycles. The Hall–Kier alpha value is -1.73. The van der Waals surface area contributed by atoms with Crippen molar-refractivity contribution in [2.24, 2.45) is 0 Å². The molecule has 17 heavy (non-hydrogen) atoms. The Morgan fingerprint density at radius 3 is 2.88 bits per heavy atom. The monoisotopic (exact) mass is 252 g/mol. The molecule has 5 heteroatoms.